The molecule has 1 fully saturated rings. The largest absolute Gasteiger partial charge is 0.490 e. The smallest absolute Gasteiger partial charge is 0.311 e. The quantitative estimate of drug-likeness (QED) is 0.598. The Morgan fingerprint density at radius 1 is 1.60 bits per heavy atom. The summed E-state index contributed by atoms with van der Waals surface area (Å²) in [5.41, 5.74) is 5.81. The van der Waals surface area contributed by atoms with E-state index in [-0.39, 0.29) is 23.0 Å². The lowest BCUT2D eigenvalue weighted by atomic mass is 10.1. The van der Waals surface area contributed by atoms with Gasteiger partial charge in [-0.25, -0.2) is 0 Å². The van der Waals surface area contributed by atoms with Gasteiger partial charge >= 0.3 is 5.69 Å². The SMILES string of the molecule is COc1c(C(=O)NCC(N)C2CC2)cccc1[N+](=O)[O-]. The van der Waals surface area contributed by atoms with Crippen molar-refractivity contribution in [3.05, 3.63) is 33.9 Å². The van der Waals surface area contributed by atoms with Crippen molar-refractivity contribution in [2.75, 3.05) is 13.7 Å². The third-order valence-electron chi connectivity index (χ3n) is 3.37. The van der Waals surface area contributed by atoms with Gasteiger partial charge in [-0.05, 0) is 24.8 Å². The van der Waals surface area contributed by atoms with Gasteiger partial charge in [0.2, 0.25) is 5.75 Å². The Kier molecular flexibility index (Phi) is 4.19. The van der Waals surface area contributed by atoms with Crippen LogP contribution in [0.5, 0.6) is 5.75 Å². The fraction of sp³-hybridized carbons (Fsp3) is 0.462. The molecule has 1 aliphatic rings. The van der Waals surface area contributed by atoms with E-state index in [4.69, 9.17) is 10.5 Å². The molecule has 1 aromatic rings. The molecule has 0 aromatic heterocycles. The molecule has 7 heteroatoms. The highest BCUT2D eigenvalue weighted by Crippen LogP contribution is 2.32. The molecule has 108 valence electrons. The van der Waals surface area contributed by atoms with Crippen molar-refractivity contribution < 1.29 is 14.5 Å². The van der Waals surface area contributed by atoms with E-state index in [2.05, 4.69) is 5.32 Å². The lowest BCUT2D eigenvalue weighted by molar-refractivity contribution is -0.385. The molecule has 0 saturated heterocycles. The zero-order chi connectivity index (χ0) is 14.7. The third-order valence-corrected chi connectivity index (χ3v) is 3.37. The van der Waals surface area contributed by atoms with Crippen LogP contribution in [0.2, 0.25) is 0 Å². The van der Waals surface area contributed by atoms with Crippen molar-refractivity contribution in [2.24, 2.45) is 11.7 Å². The van der Waals surface area contributed by atoms with Gasteiger partial charge in [0, 0.05) is 18.7 Å². The molecule has 1 unspecified atom stereocenters. The van der Waals surface area contributed by atoms with Crippen LogP contribution >= 0.6 is 0 Å². The highest BCUT2D eigenvalue weighted by Gasteiger charge is 2.29. The molecule has 1 aliphatic carbocycles. The number of nitrogens with zero attached hydrogens (tertiary/aromatic N) is 1. The van der Waals surface area contributed by atoms with Crippen LogP contribution in [0.1, 0.15) is 23.2 Å². The number of nitrogens with two attached hydrogens (primary N) is 1. The monoisotopic (exact) mass is 279 g/mol. The van der Waals surface area contributed by atoms with Crippen LogP contribution in [0.15, 0.2) is 18.2 Å². The number of hydrogen-bond donors (Lipinski definition) is 2. The molecule has 0 bridgehead atoms. The number of nitro benzene ring substituents is 1. The second-order valence-corrected chi connectivity index (χ2v) is 4.83. The first-order chi connectivity index (χ1) is 9.54. The standard InChI is InChI=1S/C13H17N3O4/c1-20-12-9(3-2-4-11(12)16(18)19)13(17)15-7-10(14)8-5-6-8/h2-4,8,10H,5-7,14H2,1H3,(H,15,17). The number of hydrogen-bond acceptors (Lipinski definition) is 5. The second-order valence-electron chi connectivity index (χ2n) is 4.83. The van der Waals surface area contributed by atoms with Gasteiger partial charge in [0.1, 0.15) is 0 Å². The molecule has 0 radical (unpaired) electrons. The van der Waals surface area contributed by atoms with E-state index in [1.165, 1.54) is 25.3 Å². The molecule has 20 heavy (non-hydrogen) atoms. The van der Waals surface area contributed by atoms with Crippen molar-refractivity contribution in [3.8, 4) is 5.75 Å². The summed E-state index contributed by atoms with van der Waals surface area (Å²) in [5, 5.41) is 13.6. The molecular weight excluding hydrogens is 262 g/mol. The molecule has 7 nitrogen and oxygen atoms in total. The molecule has 1 aromatic carbocycles. The Morgan fingerprint density at radius 3 is 2.85 bits per heavy atom. The Labute approximate surface area is 116 Å². The number of carbonyl (C=O) groups excluding carboxylic acids is 1. The van der Waals surface area contributed by atoms with Crippen molar-refractivity contribution in [1.29, 1.82) is 0 Å². The number of methoxy groups -OCH3 is 1. The van der Waals surface area contributed by atoms with Crippen molar-refractivity contribution in [3.63, 3.8) is 0 Å². The maximum atomic E-state index is 12.1. The van der Waals surface area contributed by atoms with Gasteiger partial charge in [-0.15, -0.1) is 0 Å². The number of ether oxygens (including phenoxy) is 1. The van der Waals surface area contributed by atoms with E-state index in [0.29, 0.717) is 12.5 Å². The van der Waals surface area contributed by atoms with Gasteiger partial charge in [-0.3, -0.25) is 14.9 Å². The van der Waals surface area contributed by atoms with Crippen LogP contribution in [0.4, 0.5) is 5.69 Å². The summed E-state index contributed by atoms with van der Waals surface area (Å²) in [4.78, 5) is 22.4. The molecule has 0 aliphatic heterocycles. The predicted molar refractivity (Wildman–Crippen MR) is 72.7 cm³/mol. The topological polar surface area (TPSA) is 107 Å². The van der Waals surface area contributed by atoms with Gasteiger partial charge in [0.15, 0.2) is 0 Å². The van der Waals surface area contributed by atoms with E-state index in [1.54, 1.807) is 0 Å². The number of carbonyl (C=O) groups is 1. The summed E-state index contributed by atoms with van der Waals surface area (Å²) in [6, 6.07) is 4.18. The van der Waals surface area contributed by atoms with E-state index < -0.39 is 10.8 Å². The van der Waals surface area contributed by atoms with E-state index in [0.717, 1.165) is 12.8 Å². The second kappa shape index (κ2) is 5.87. The minimum Gasteiger partial charge on any atom is -0.490 e. The molecule has 0 spiro atoms. The Morgan fingerprint density at radius 2 is 2.30 bits per heavy atom. The molecule has 1 atom stereocenters. The number of para-hydroxylation sites is 1. The van der Waals surface area contributed by atoms with E-state index in [9.17, 15) is 14.9 Å². The average Bonchev–Trinajstić information content (AvgIpc) is 3.27. The molecule has 3 N–H and O–H groups in total. The summed E-state index contributed by atoms with van der Waals surface area (Å²) in [7, 11) is 1.30. The van der Waals surface area contributed by atoms with Crippen LogP contribution in [-0.2, 0) is 0 Å². The summed E-state index contributed by atoms with van der Waals surface area (Å²) >= 11 is 0. The maximum Gasteiger partial charge on any atom is 0.311 e. The van der Waals surface area contributed by atoms with Crippen LogP contribution in [0.3, 0.4) is 0 Å². The average molecular weight is 279 g/mol. The number of benzene rings is 1. The molecule has 2 rings (SSSR count). The Balaban J connectivity index is 2.12. The fourth-order valence-corrected chi connectivity index (χ4v) is 2.06. The summed E-state index contributed by atoms with van der Waals surface area (Å²) in [6.45, 7) is 0.356. The fourth-order valence-electron chi connectivity index (χ4n) is 2.06. The first-order valence-electron chi connectivity index (χ1n) is 6.39. The Hall–Kier alpha value is -2.15. The van der Waals surface area contributed by atoms with Crippen LogP contribution in [-0.4, -0.2) is 30.5 Å². The van der Waals surface area contributed by atoms with Crippen LogP contribution in [0.25, 0.3) is 0 Å². The Bertz CT molecular complexity index is 528. The highest BCUT2D eigenvalue weighted by atomic mass is 16.6. The van der Waals surface area contributed by atoms with E-state index >= 15 is 0 Å². The number of amides is 1. The summed E-state index contributed by atoms with van der Waals surface area (Å²) < 4.78 is 4.99. The molecule has 0 heterocycles. The minimum absolute atomic E-state index is 0.0324. The maximum absolute atomic E-state index is 12.1. The highest BCUT2D eigenvalue weighted by molar-refractivity contribution is 5.98. The normalized spacial score (nSPS) is 15.5. The van der Waals surface area contributed by atoms with Crippen molar-refractivity contribution in [1.82, 2.24) is 5.32 Å². The first-order valence-corrected chi connectivity index (χ1v) is 6.39. The predicted octanol–water partition coefficient (Wildman–Crippen LogP) is 1.07. The van der Waals surface area contributed by atoms with Crippen LogP contribution < -0.4 is 15.8 Å². The lowest BCUT2D eigenvalue weighted by Gasteiger charge is -2.13. The minimum atomic E-state index is -0.578. The number of nitro groups is 1. The van der Waals surface area contributed by atoms with Gasteiger partial charge in [-0.1, -0.05) is 6.07 Å². The van der Waals surface area contributed by atoms with Crippen molar-refractivity contribution >= 4 is 11.6 Å². The summed E-state index contributed by atoms with van der Waals surface area (Å²) in [5.74, 6) is 0.0268. The van der Waals surface area contributed by atoms with Gasteiger partial charge in [-0.2, -0.15) is 0 Å². The first kappa shape index (κ1) is 14.3. The number of rotatable bonds is 6. The van der Waals surface area contributed by atoms with Crippen molar-refractivity contribution in [2.45, 2.75) is 18.9 Å². The molecular formula is C13H17N3O4. The number of nitrogens with one attached hydrogen (secondary N) is 1. The summed E-state index contributed by atoms with van der Waals surface area (Å²) in [6.07, 6.45) is 2.19. The lowest BCUT2D eigenvalue weighted by Crippen LogP contribution is -2.38. The van der Waals surface area contributed by atoms with Gasteiger partial charge < -0.3 is 15.8 Å². The zero-order valence-corrected chi connectivity index (χ0v) is 11.2. The molecule has 1 saturated carbocycles. The molecule has 1 amide bonds. The van der Waals surface area contributed by atoms with E-state index in [1.807, 2.05) is 0 Å². The third kappa shape index (κ3) is 3.05. The van der Waals surface area contributed by atoms with Gasteiger partial charge in [0.25, 0.3) is 5.91 Å². The zero-order valence-electron chi connectivity index (χ0n) is 11.2. The van der Waals surface area contributed by atoms with Gasteiger partial charge in [0.05, 0.1) is 17.6 Å². The van der Waals surface area contributed by atoms with Crippen LogP contribution in [0, 0.1) is 16.0 Å².